The fourth-order valence-electron chi connectivity index (χ4n) is 3.77. The number of aromatic nitrogens is 1. The van der Waals surface area contributed by atoms with Crippen molar-refractivity contribution in [3.63, 3.8) is 0 Å². The monoisotopic (exact) mass is 442 g/mol. The maximum Gasteiger partial charge on any atom is 0.260 e. The SMILES string of the molecule is COc1ccc(Cc2cnc(C3CCCN(C(=O)COc4ccc(F)cc4F)C3)o2)cc1. The number of nitrogens with zero attached hydrogens (tertiary/aromatic N) is 2. The number of piperidine rings is 1. The third kappa shape index (κ3) is 5.25. The molecule has 1 aliphatic rings. The molecule has 3 aromatic rings. The van der Waals surface area contributed by atoms with Gasteiger partial charge in [0.15, 0.2) is 24.1 Å². The second-order valence-corrected chi connectivity index (χ2v) is 7.73. The first kappa shape index (κ1) is 21.8. The van der Waals surface area contributed by atoms with Crippen LogP contribution in [0.2, 0.25) is 0 Å². The van der Waals surface area contributed by atoms with E-state index in [1.54, 1.807) is 18.2 Å². The van der Waals surface area contributed by atoms with Crippen LogP contribution in [-0.4, -0.2) is 42.6 Å². The van der Waals surface area contributed by atoms with Gasteiger partial charge in [-0.15, -0.1) is 0 Å². The molecule has 6 nitrogen and oxygen atoms in total. The average Bonchev–Trinajstić information content (AvgIpc) is 3.27. The highest BCUT2D eigenvalue weighted by Gasteiger charge is 2.28. The maximum absolute atomic E-state index is 13.7. The molecule has 1 atom stereocenters. The summed E-state index contributed by atoms with van der Waals surface area (Å²) in [6.07, 6.45) is 4.00. The van der Waals surface area contributed by atoms with E-state index in [-0.39, 0.29) is 24.2 Å². The number of benzene rings is 2. The zero-order valence-corrected chi connectivity index (χ0v) is 17.7. The van der Waals surface area contributed by atoms with Gasteiger partial charge >= 0.3 is 0 Å². The Morgan fingerprint density at radius 1 is 1.22 bits per heavy atom. The van der Waals surface area contributed by atoms with Crippen molar-refractivity contribution in [3.05, 3.63) is 77.5 Å². The Kier molecular flexibility index (Phi) is 6.68. The molecule has 0 N–H and O–H groups in total. The molecule has 0 saturated carbocycles. The number of carbonyl (C=O) groups excluding carboxylic acids is 1. The summed E-state index contributed by atoms with van der Waals surface area (Å²) in [4.78, 5) is 18.7. The van der Waals surface area contributed by atoms with E-state index in [0.717, 1.165) is 42.0 Å². The van der Waals surface area contributed by atoms with E-state index in [2.05, 4.69) is 4.98 Å². The normalized spacial score (nSPS) is 16.1. The molecule has 0 radical (unpaired) electrons. The molecule has 1 saturated heterocycles. The predicted molar refractivity (Wildman–Crippen MR) is 113 cm³/mol. The smallest absolute Gasteiger partial charge is 0.260 e. The molecule has 2 aromatic carbocycles. The van der Waals surface area contributed by atoms with Gasteiger partial charge in [0.2, 0.25) is 0 Å². The lowest BCUT2D eigenvalue weighted by molar-refractivity contribution is -0.134. The van der Waals surface area contributed by atoms with Crippen LogP contribution < -0.4 is 9.47 Å². The molecule has 1 aliphatic heterocycles. The minimum Gasteiger partial charge on any atom is -0.497 e. The van der Waals surface area contributed by atoms with Crippen molar-refractivity contribution in [2.24, 2.45) is 0 Å². The van der Waals surface area contributed by atoms with Crippen LogP contribution in [0.1, 0.15) is 36.0 Å². The summed E-state index contributed by atoms with van der Waals surface area (Å²) >= 11 is 0. The van der Waals surface area contributed by atoms with E-state index in [1.165, 1.54) is 6.07 Å². The molecule has 1 unspecified atom stereocenters. The van der Waals surface area contributed by atoms with Gasteiger partial charge in [0.1, 0.15) is 17.3 Å². The number of oxazole rings is 1. The van der Waals surface area contributed by atoms with Crippen molar-refractivity contribution < 1.29 is 27.5 Å². The summed E-state index contributed by atoms with van der Waals surface area (Å²) in [7, 11) is 1.63. The van der Waals surface area contributed by atoms with Crippen LogP contribution in [0, 0.1) is 11.6 Å². The van der Waals surface area contributed by atoms with Gasteiger partial charge in [-0.3, -0.25) is 4.79 Å². The zero-order chi connectivity index (χ0) is 22.5. The molecule has 1 amide bonds. The van der Waals surface area contributed by atoms with Crippen LogP contribution >= 0.6 is 0 Å². The van der Waals surface area contributed by atoms with Crippen molar-refractivity contribution in [1.82, 2.24) is 9.88 Å². The van der Waals surface area contributed by atoms with Crippen LogP contribution in [0.3, 0.4) is 0 Å². The van der Waals surface area contributed by atoms with E-state index in [4.69, 9.17) is 13.9 Å². The van der Waals surface area contributed by atoms with Gasteiger partial charge in [0.25, 0.3) is 5.91 Å². The lowest BCUT2D eigenvalue weighted by Gasteiger charge is -2.31. The molecule has 0 spiro atoms. The highest BCUT2D eigenvalue weighted by molar-refractivity contribution is 5.78. The summed E-state index contributed by atoms with van der Waals surface area (Å²) in [5, 5.41) is 0. The number of methoxy groups -OCH3 is 1. The second kappa shape index (κ2) is 9.80. The Labute approximate surface area is 184 Å². The lowest BCUT2D eigenvalue weighted by atomic mass is 9.98. The molecule has 32 heavy (non-hydrogen) atoms. The lowest BCUT2D eigenvalue weighted by Crippen LogP contribution is -2.41. The van der Waals surface area contributed by atoms with Gasteiger partial charge in [-0.2, -0.15) is 0 Å². The minimum absolute atomic E-state index is 0.0140. The summed E-state index contributed by atoms with van der Waals surface area (Å²) in [5.41, 5.74) is 1.08. The Hall–Kier alpha value is -3.42. The molecular formula is C24H24F2N2O4. The first-order valence-corrected chi connectivity index (χ1v) is 10.4. The third-order valence-corrected chi connectivity index (χ3v) is 5.48. The Morgan fingerprint density at radius 2 is 2.03 bits per heavy atom. The van der Waals surface area contributed by atoms with Crippen molar-refractivity contribution >= 4 is 5.91 Å². The van der Waals surface area contributed by atoms with Crippen molar-refractivity contribution in [3.8, 4) is 11.5 Å². The van der Waals surface area contributed by atoms with E-state index in [9.17, 15) is 13.6 Å². The van der Waals surface area contributed by atoms with Crippen LogP contribution in [0.25, 0.3) is 0 Å². The van der Waals surface area contributed by atoms with Crippen molar-refractivity contribution in [1.29, 1.82) is 0 Å². The van der Waals surface area contributed by atoms with E-state index >= 15 is 0 Å². The molecule has 4 rings (SSSR count). The number of halogens is 2. The summed E-state index contributed by atoms with van der Waals surface area (Å²) in [6.45, 7) is 0.726. The Balaban J connectivity index is 1.33. The Bertz CT molecular complexity index is 1070. The molecule has 0 aliphatic carbocycles. The number of hydrogen-bond donors (Lipinski definition) is 0. The van der Waals surface area contributed by atoms with E-state index in [1.807, 2.05) is 24.3 Å². The molecular weight excluding hydrogens is 418 g/mol. The fraction of sp³-hybridized carbons (Fsp3) is 0.333. The third-order valence-electron chi connectivity index (χ3n) is 5.48. The molecule has 0 bridgehead atoms. The second-order valence-electron chi connectivity index (χ2n) is 7.73. The highest BCUT2D eigenvalue weighted by atomic mass is 19.1. The van der Waals surface area contributed by atoms with E-state index in [0.29, 0.717) is 25.4 Å². The Morgan fingerprint density at radius 3 is 2.78 bits per heavy atom. The zero-order valence-electron chi connectivity index (χ0n) is 17.7. The number of carbonyl (C=O) groups is 1. The van der Waals surface area contributed by atoms with Crippen LogP contribution in [0.5, 0.6) is 11.5 Å². The summed E-state index contributed by atoms with van der Waals surface area (Å²) in [5.74, 6) is 0.203. The maximum atomic E-state index is 13.7. The van der Waals surface area contributed by atoms with Gasteiger partial charge < -0.3 is 18.8 Å². The highest BCUT2D eigenvalue weighted by Crippen LogP contribution is 2.28. The topological polar surface area (TPSA) is 64.8 Å². The van der Waals surface area contributed by atoms with Gasteiger partial charge in [-0.05, 0) is 42.7 Å². The number of hydrogen-bond acceptors (Lipinski definition) is 5. The number of likely N-dealkylation sites (tertiary alicyclic amines) is 1. The number of rotatable bonds is 7. The predicted octanol–water partition coefficient (Wildman–Crippen LogP) is 4.34. The largest absolute Gasteiger partial charge is 0.497 e. The van der Waals surface area contributed by atoms with Crippen LogP contribution in [0.15, 0.2) is 53.1 Å². The fourth-order valence-corrected chi connectivity index (χ4v) is 3.77. The molecule has 1 fully saturated rings. The van der Waals surface area contributed by atoms with Crippen molar-refractivity contribution in [2.75, 3.05) is 26.8 Å². The van der Waals surface area contributed by atoms with E-state index < -0.39 is 11.6 Å². The summed E-state index contributed by atoms with van der Waals surface area (Å²) in [6, 6.07) is 10.7. The molecule has 1 aromatic heterocycles. The number of amides is 1. The summed E-state index contributed by atoms with van der Waals surface area (Å²) < 4.78 is 43.1. The molecule has 168 valence electrons. The van der Waals surface area contributed by atoms with Crippen LogP contribution in [0.4, 0.5) is 8.78 Å². The van der Waals surface area contributed by atoms with Crippen LogP contribution in [-0.2, 0) is 11.2 Å². The van der Waals surface area contributed by atoms with Gasteiger partial charge in [0.05, 0.1) is 19.2 Å². The van der Waals surface area contributed by atoms with Gasteiger partial charge in [-0.25, -0.2) is 13.8 Å². The molecule has 2 heterocycles. The first-order valence-electron chi connectivity index (χ1n) is 10.4. The minimum atomic E-state index is -0.835. The first-order chi connectivity index (χ1) is 15.5. The quantitative estimate of drug-likeness (QED) is 0.545. The standard InChI is InChI=1S/C24H24F2N2O4/c1-30-19-7-4-16(5-8-19)11-20-13-27-24(32-20)17-3-2-10-28(14-17)23(29)15-31-22-9-6-18(25)12-21(22)26/h4-9,12-13,17H,2-3,10-11,14-15H2,1H3. The average molecular weight is 442 g/mol. The van der Waals surface area contributed by atoms with Gasteiger partial charge in [-0.1, -0.05) is 12.1 Å². The number of ether oxygens (including phenoxy) is 2. The molecule has 8 heteroatoms. The van der Waals surface area contributed by atoms with Crippen molar-refractivity contribution in [2.45, 2.75) is 25.2 Å². The van der Waals surface area contributed by atoms with Gasteiger partial charge in [0, 0.05) is 25.6 Å².